The summed E-state index contributed by atoms with van der Waals surface area (Å²) in [5.41, 5.74) is 3.21. The molecule has 0 saturated heterocycles. The number of rotatable bonds is 5. The van der Waals surface area contributed by atoms with Gasteiger partial charge in [-0.25, -0.2) is 8.42 Å². The van der Waals surface area contributed by atoms with E-state index in [-0.39, 0.29) is 11.5 Å². The van der Waals surface area contributed by atoms with Crippen molar-refractivity contribution >= 4 is 21.4 Å². The van der Waals surface area contributed by atoms with E-state index in [1.807, 2.05) is 23.8 Å². The molecule has 0 atom stereocenters. The molecule has 0 saturated carbocycles. The van der Waals surface area contributed by atoms with E-state index in [0.717, 1.165) is 11.1 Å². The molecule has 21 heavy (non-hydrogen) atoms. The largest absolute Gasteiger partial charge is 0.392 e. The summed E-state index contributed by atoms with van der Waals surface area (Å²) in [6, 6.07) is 5.29. The van der Waals surface area contributed by atoms with Gasteiger partial charge in [-0.1, -0.05) is 6.07 Å². The maximum absolute atomic E-state index is 12.7. The van der Waals surface area contributed by atoms with Crippen LogP contribution in [0.2, 0.25) is 0 Å². The van der Waals surface area contributed by atoms with E-state index in [1.54, 1.807) is 37.4 Å². The Labute approximate surface area is 129 Å². The number of hydrogen-bond acceptors (Lipinski definition) is 4. The van der Waals surface area contributed by atoms with Crippen molar-refractivity contribution < 1.29 is 13.5 Å². The lowest BCUT2D eigenvalue weighted by Gasteiger charge is -2.19. The minimum Gasteiger partial charge on any atom is -0.392 e. The van der Waals surface area contributed by atoms with Crippen molar-refractivity contribution in [2.45, 2.75) is 31.9 Å². The number of aryl methyl sites for hydroxylation is 2. The summed E-state index contributed by atoms with van der Waals surface area (Å²) in [6.07, 6.45) is 0. The molecule has 1 N–H and O–H groups in total. The lowest BCUT2D eigenvalue weighted by Crippen LogP contribution is -2.27. The van der Waals surface area contributed by atoms with Crippen molar-refractivity contribution in [3.05, 3.63) is 51.2 Å². The molecular formula is C15H19NO3S2. The van der Waals surface area contributed by atoms with E-state index in [1.165, 1.54) is 4.31 Å². The third kappa shape index (κ3) is 3.35. The first kappa shape index (κ1) is 16.2. The molecule has 1 heterocycles. The fourth-order valence-corrected chi connectivity index (χ4v) is 4.29. The van der Waals surface area contributed by atoms with Gasteiger partial charge in [0.15, 0.2) is 0 Å². The van der Waals surface area contributed by atoms with Gasteiger partial charge in [-0.15, -0.1) is 0 Å². The first-order valence-corrected chi connectivity index (χ1v) is 8.93. The van der Waals surface area contributed by atoms with Crippen LogP contribution in [0.1, 0.15) is 22.3 Å². The summed E-state index contributed by atoms with van der Waals surface area (Å²) in [6.45, 7) is 3.82. The standard InChI is InChI=1S/C15H19NO3S2/c1-11-6-12(2)15(7-14(11)9-17)21(18,19)16(3)8-13-4-5-20-10-13/h4-7,10,17H,8-9H2,1-3H3. The fraction of sp³-hybridized carbons (Fsp3) is 0.333. The van der Waals surface area contributed by atoms with Gasteiger partial charge in [0.05, 0.1) is 11.5 Å². The zero-order valence-corrected chi connectivity index (χ0v) is 14.0. The molecule has 0 bridgehead atoms. The van der Waals surface area contributed by atoms with E-state index in [9.17, 15) is 13.5 Å². The third-order valence-corrected chi connectivity index (χ3v) is 6.15. The normalized spacial score (nSPS) is 12.0. The van der Waals surface area contributed by atoms with Crippen LogP contribution in [0, 0.1) is 13.8 Å². The second kappa shape index (κ2) is 6.27. The fourth-order valence-electron chi connectivity index (χ4n) is 2.22. The molecule has 0 unspecified atom stereocenters. The molecule has 0 aliphatic carbocycles. The van der Waals surface area contributed by atoms with Crippen LogP contribution < -0.4 is 0 Å². The highest BCUT2D eigenvalue weighted by atomic mass is 32.2. The number of nitrogens with zero attached hydrogens (tertiary/aromatic N) is 1. The monoisotopic (exact) mass is 325 g/mol. The summed E-state index contributed by atoms with van der Waals surface area (Å²) in [7, 11) is -1.99. The number of hydrogen-bond donors (Lipinski definition) is 1. The number of sulfonamides is 1. The van der Waals surface area contributed by atoms with E-state index >= 15 is 0 Å². The van der Waals surface area contributed by atoms with Crippen LogP contribution in [-0.2, 0) is 23.2 Å². The zero-order valence-electron chi connectivity index (χ0n) is 12.3. The summed E-state index contributed by atoms with van der Waals surface area (Å²) in [5, 5.41) is 13.2. The Morgan fingerprint density at radius 2 is 1.95 bits per heavy atom. The SMILES string of the molecule is Cc1cc(C)c(S(=O)(=O)N(C)Cc2ccsc2)cc1CO. The minimum absolute atomic E-state index is 0.164. The lowest BCUT2D eigenvalue weighted by molar-refractivity contribution is 0.280. The molecule has 0 spiro atoms. The average Bonchev–Trinajstić information content (AvgIpc) is 2.91. The van der Waals surface area contributed by atoms with Gasteiger partial charge in [0, 0.05) is 13.6 Å². The number of thiophene rings is 1. The summed E-state index contributed by atoms with van der Waals surface area (Å²) in [4.78, 5) is 0.259. The van der Waals surface area contributed by atoms with Gasteiger partial charge in [0.2, 0.25) is 10.0 Å². The molecule has 1 aromatic carbocycles. The Kier molecular flexibility index (Phi) is 4.83. The molecule has 0 radical (unpaired) electrons. The first-order valence-electron chi connectivity index (χ1n) is 6.54. The second-order valence-electron chi connectivity index (χ2n) is 5.09. The van der Waals surface area contributed by atoms with Crippen molar-refractivity contribution in [1.29, 1.82) is 0 Å². The maximum Gasteiger partial charge on any atom is 0.243 e. The van der Waals surface area contributed by atoms with Crippen LogP contribution in [0.5, 0.6) is 0 Å². The Hall–Kier alpha value is -1.21. The van der Waals surface area contributed by atoms with Crippen LogP contribution in [0.3, 0.4) is 0 Å². The van der Waals surface area contributed by atoms with Crippen LogP contribution in [-0.4, -0.2) is 24.9 Å². The highest BCUT2D eigenvalue weighted by Gasteiger charge is 2.24. The molecule has 1 aromatic heterocycles. The summed E-state index contributed by atoms with van der Waals surface area (Å²) in [5.74, 6) is 0. The molecule has 0 aliphatic rings. The van der Waals surface area contributed by atoms with E-state index < -0.39 is 10.0 Å². The molecule has 2 aromatic rings. The Morgan fingerprint density at radius 1 is 1.24 bits per heavy atom. The van der Waals surface area contributed by atoms with Gasteiger partial charge in [-0.2, -0.15) is 15.6 Å². The predicted molar refractivity (Wildman–Crippen MR) is 84.8 cm³/mol. The second-order valence-corrected chi connectivity index (χ2v) is 7.89. The van der Waals surface area contributed by atoms with Crippen LogP contribution in [0.4, 0.5) is 0 Å². The van der Waals surface area contributed by atoms with Crippen molar-refractivity contribution in [1.82, 2.24) is 4.31 Å². The van der Waals surface area contributed by atoms with Crippen LogP contribution in [0.25, 0.3) is 0 Å². The van der Waals surface area contributed by atoms with Gasteiger partial charge in [0.1, 0.15) is 0 Å². The molecule has 2 rings (SSSR count). The van der Waals surface area contributed by atoms with Crippen molar-refractivity contribution in [3.63, 3.8) is 0 Å². The minimum atomic E-state index is -3.57. The molecule has 6 heteroatoms. The molecule has 0 aliphatic heterocycles. The Bertz CT molecular complexity index is 722. The molecular weight excluding hydrogens is 306 g/mol. The first-order chi connectivity index (χ1) is 9.86. The van der Waals surface area contributed by atoms with E-state index in [0.29, 0.717) is 17.7 Å². The van der Waals surface area contributed by atoms with Crippen molar-refractivity contribution in [2.24, 2.45) is 0 Å². The Morgan fingerprint density at radius 3 is 2.52 bits per heavy atom. The summed E-state index contributed by atoms with van der Waals surface area (Å²) >= 11 is 1.54. The smallest absolute Gasteiger partial charge is 0.243 e. The van der Waals surface area contributed by atoms with Crippen LogP contribution >= 0.6 is 11.3 Å². The third-order valence-electron chi connectivity index (χ3n) is 3.48. The van der Waals surface area contributed by atoms with E-state index in [2.05, 4.69) is 0 Å². The van der Waals surface area contributed by atoms with Gasteiger partial charge < -0.3 is 5.11 Å². The molecule has 0 fully saturated rings. The maximum atomic E-state index is 12.7. The zero-order chi connectivity index (χ0) is 15.6. The van der Waals surface area contributed by atoms with Gasteiger partial charge >= 0.3 is 0 Å². The molecule has 4 nitrogen and oxygen atoms in total. The molecule has 0 amide bonds. The van der Waals surface area contributed by atoms with Gasteiger partial charge in [-0.05, 0) is 59.0 Å². The predicted octanol–water partition coefficient (Wildman–Crippen LogP) is 2.68. The summed E-state index contributed by atoms with van der Waals surface area (Å²) < 4.78 is 26.8. The highest BCUT2D eigenvalue weighted by molar-refractivity contribution is 7.89. The highest BCUT2D eigenvalue weighted by Crippen LogP contribution is 2.24. The Balaban J connectivity index is 2.39. The number of benzene rings is 1. The lowest BCUT2D eigenvalue weighted by atomic mass is 10.1. The van der Waals surface area contributed by atoms with Crippen molar-refractivity contribution in [3.8, 4) is 0 Å². The topological polar surface area (TPSA) is 57.6 Å². The molecule has 114 valence electrons. The average molecular weight is 325 g/mol. The van der Waals surface area contributed by atoms with Gasteiger partial charge in [-0.3, -0.25) is 0 Å². The van der Waals surface area contributed by atoms with E-state index in [4.69, 9.17) is 0 Å². The quantitative estimate of drug-likeness (QED) is 0.919. The number of aliphatic hydroxyl groups is 1. The van der Waals surface area contributed by atoms with Gasteiger partial charge in [0.25, 0.3) is 0 Å². The van der Waals surface area contributed by atoms with Crippen LogP contribution in [0.15, 0.2) is 33.9 Å². The number of aliphatic hydroxyl groups excluding tert-OH is 1. The van der Waals surface area contributed by atoms with Crippen molar-refractivity contribution in [2.75, 3.05) is 7.05 Å².